The number of nitrogens with one attached hydrogen (secondary N) is 6. The number of benzene rings is 4. The summed E-state index contributed by atoms with van der Waals surface area (Å²) in [5.74, 6) is 4.38. The Morgan fingerprint density at radius 2 is 0.935 bits per heavy atom. The summed E-state index contributed by atoms with van der Waals surface area (Å²) in [7, 11) is 0. The molecule has 13 unspecified atom stereocenters. The average molecular weight is 1780 g/mol. The molecule has 6 aliphatic heterocycles. The minimum absolute atomic E-state index is 0.0950. The number of rotatable bonds is 34. The van der Waals surface area contributed by atoms with Crippen molar-refractivity contribution in [3.05, 3.63) is 258 Å². The highest BCUT2D eigenvalue weighted by Crippen LogP contribution is 2.36. The van der Waals surface area contributed by atoms with Crippen LogP contribution in [0, 0.1) is 65.1 Å². The van der Waals surface area contributed by atoms with Crippen LogP contribution in [-0.4, -0.2) is 203 Å². The van der Waals surface area contributed by atoms with Gasteiger partial charge in [-0.1, -0.05) is 82.1 Å². The summed E-state index contributed by atoms with van der Waals surface area (Å²) in [6, 6.07) is 52.6. The molecule has 0 bridgehead atoms. The number of halogens is 4. The van der Waals surface area contributed by atoms with E-state index in [2.05, 4.69) is 77.7 Å². The van der Waals surface area contributed by atoms with Crippen LogP contribution in [0.2, 0.25) is 5.02 Å². The van der Waals surface area contributed by atoms with Crippen LogP contribution in [0.3, 0.4) is 0 Å². The zero-order chi connectivity index (χ0) is 86.0. The van der Waals surface area contributed by atoms with Crippen LogP contribution in [0.4, 0.5) is 8.78 Å². The van der Waals surface area contributed by atoms with E-state index in [0.29, 0.717) is 72.2 Å². The summed E-state index contributed by atoms with van der Waals surface area (Å²) in [5, 5.41) is 40.3. The van der Waals surface area contributed by atoms with Crippen LogP contribution in [0.25, 0.3) is 0 Å². The number of piperidine rings is 6. The first-order valence-electron chi connectivity index (χ1n) is 43.8. The Balaban J connectivity index is 0.000000156. The number of aromatic nitrogens is 6. The van der Waals surface area contributed by atoms with Gasteiger partial charge in [-0.25, -0.2) is 8.78 Å². The number of ether oxygens (including phenoxy) is 8. The minimum Gasteiger partial charge on any atom is -0.493 e. The van der Waals surface area contributed by atoms with Gasteiger partial charge in [0.05, 0.1) is 102 Å². The maximum atomic E-state index is 13.9. The summed E-state index contributed by atoms with van der Waals surface area (Å²) in [5.41, 5.74) is 9.85. The monoisotopic (exact) mass is 1780 g/mol. The Hall–Kier alpha value is -8.29. The van der Waals surface area contributed by atoms with Crippen LogP contribution >= 0.6 is 27.5 Å². The maximum Gasteiger partial charge on any atom is 0.261 e. The van der Waals surface area contributed by atoms with Crippen LogP contribution < -0.4 is 61.3 Å². The van der Waals surface area contributed by atoms with Crippen molar-refractivity contribution in [3.63, 3.8) is 0 Å². The lowest BCUT2D eigenvalue weighted by atomic mass is 9.87. The molecular weight excluding hydrogens is 1650 g/mol. The van der Waals surface area contributed by atoms with Crippen LogP contribution in [0.5, 0.6) is 28.7 Å². The van der Waals surface area contributed by atoms with E-state index >= 15 is 0 Å². The van der Waals surface area contributed by atoms with E-state index in [4.69, 9.17) is 60.3 Å². The lowest BCUT2D eigenvalue weighted by Gasteiger charge is -2.37. The normalized spacial score (nSPS) is 23.0. The molecule has 0 amide bonds. The molecule has 6 saturated heterocycles. The maximum absolute atomic E-state index is 13.9. The Kier molecular flexibility index (Phi) is 44.6. The number of aliphatic hydroxyl groups is 2. The number of hydrogen-bond donors (Lipinski definition) is 9. The highest BCUT2D eigenvalue weighted by Gasteiger charge is 2.49. The highest BCUT2D eigenvalue weighted by molar-refractivity contribution is 9.10. The van der Waals surface area contributed by atoms with Crippen molar-refractivity contribution in [1.29, 1.82) is 0 Å². The third-order valence-corrected chi connectivity index (χ3v) is 23.3. The van der Waals surface area contributed by atoms with Crippen molar-refractivity contribution < 1.29 is 56.9 Å². The fourth-order valence-corrected chi connectivity index (χ4v) is 16.1. The van der Waals surface area contributed by atoms with Gasteiger partial charge in [-0.15, -0.1) is 0 Å². The Bertz CT molecular complexity index is 4110. The van der Waals surface area contributed by atoms with Gasteiger partial charge in [0.2, 0.25) is 0 Å². The molecule has 15 rings (SSSR count). The standard InChI is InChI=1S/C19H21BrClNO2.C19H26N4O.C18H23N3O2.C15H23NO2.C13H20N2O.C12H16F2N2O2/c20-16-1-5-18(6-2-16)23-12-14-9-15(11-22-10-14)13-24-19-7-3-17(21)4-8-19;1-2-7-22-18(3-1)6-10-24-15-17-11-16(12-21-13-17)4-5-19-14-20-8-9-23-19;22-18(16-4-2-6-20-11-16)8-15-7-17(12-21-10-15)23-13-14-3-1-5-19-9-14;1-2-17-11-13-8-14(10-16-9-13)12-18-15-6-4-3-5-7-15;14-7-11-6-12(9-15-8-11)10-16-13-4-2-1-3-5-13;13-12(14)9(7-17)4-16-5-10(12)8-18-11-2-1-3-15-6-11/h1-8,14-15,22H,9-13H2;1-3,7-9,14,16-17,21H,4-6,10-13,15H2;1-6,9,11,15,17-18,21-22H,7-8,10,12-13H2;3-7,13-14,16H,2,8-12H2,1H3;1-5,11-12,15H,6-10,14H2;1-3,6,9-10,16-17H,4-5,7-8H2. The number of para-hydroxylation sites is 2. The van der Waals surface area contributed by atoms with Gasteiger partial charge in [0.15, 0.2) is 0 Å². The lowest BCUT2D eigenvalue weighted by Crippen LogP contribution is -2.54. The molecular formula is C96H129BrClF2N13O10. The van der Waals surface area contributed by atoms with Crippen molar-refractivity contribution in [3.8, 4) is 28.7 Å². The molecule has 123 heavy (non-hydrogen) atoms. The molecule has 666 valence electrons. The highest BCUT2D eigenvalue weighted by atomic mass is 79.9. The van der Waals surface area contributed by atoms with E-state index in [9.17, 15) is 13.9 Å². The Labute approximate surface area is 739 Å². The van der Waals surface area contributed by atoms with E-state index in [1.807, 2.05) is 177 Å². The largest absolute Gasteiger partial charge is 0.493 e. The summed E-state index contributed by atoms with van der Waals surface area (Å²) >= 11 is 9.33. The number of nitrogens with two attached hydrogens (primary N) is 1. The van der Waals surface area contributed by atoms with Crippen molar-refractivity contribution in [1.82, 2.24) is 61.8 Å². The van der Waals surface area contributed by atoms with Gasteiger partial charge in [-0.3, -0.25) is 29.9 Å². The second kappa shape index (κ2) is 56.6. The van der Waals surface area contributed by atoms with Crippen molar-refractivity contribution in [2.24, 2.45) is 70.8 Å². The molecule has 6 aliphatic rings. The Morgan fingerprint density at radius 1 is 0.447 bits per heavy atom. The van der Waals surface area contributed by atoms with E-state index < -0.39 is 30.5 Å². The SMILES string of the molecule is CCOCC1CNCC(COc2ccccc2)C1.Clc1ccc(OCC2CNCC(COc3ccc(Br)cc3)C2)cc1.NCC1CNCC(COc2ccccc2)C1.OC(CC1CNCC(OCc2cccnc2)C1)c1cccnc1.OCC1CNCC(COc2cccnc2)C1(F)F.c1ccc(CCOCC2CNCC(CCc3cnccn3)C2)nc1. The van der Waals surface area contributed by atoms with Crippen molar-refractivity contribution >= 4 is 27.5 Å². The number of pyridine rings is 4. The molecule has 27 heteroatoms. The van der Waals surface area contributed by atoms with E-state index in [1.54, 1.807) is 49.3 Å². The van der Waals surface area contributed by atoms with Crippen LogP contribution in [-0.2, 0) is 33.7 Å². The number of alkyl halides is 2. The molecule has 0 radical (unpaired) electrons. The number of aliphatic hydroxyl groups excluding tert-OH is 2. The van der Waals surface area contributed by atoms with Crippen LogP contribution in [0.1, 0.15) is 80.5 Å². The smallest absolute Gasteiger partial charge is 0.261 e. The molecule has 10 N–H and O–H groups in total. The van der Waals surface area contributed by atoms with E-state index in [0.717, 1.165) is 212 Å². The first kappa shape index (κ1) is 96.9. The zero-order valence-corrected chi connectivity index (χ0v) is 73.5. The second-order valence-corrected chi connectivity index (χ2v) is 33.9. The first-order chi connectivity index (χ1) is 60.3. The minimum atomic E-state index is -2.91. The van der Waals surface area contributed by atoms with Crippen LogP contribution in [0.15, 0.2) is 230 Å². The van der Waals surface area contributed by atoms with Gasteiger partial charge in [-0.2, -0.15) is 0 Å². The van der Waals surface area contributed by atoms with Gasteiger partial charge >= 0.3 is 0 Å². The third-order valence-electron chi connectivity index (χ3n) is 22.5. The molecule has 5 aromatic heterocycles. The molecule has 9 aromatic rings. The van der Waals surface area contributed by atoms with Gasteiger partial charge in [-0.05, 0) is 234 Å². The summed E-state index contributed by atoms with van der Waals surface area (Å²) in [6.07, 6.45) is 26.5. The van der Waals surface area contributed by atoms with Gasteiger partial charge < -0.3 is 85.7 Å². The summed E-state index contributed by atoms with van der Waals surface area (Å²) in [4.78, 5) is 24.8. The predicted molar refractivity (Wildman–Crippen MR) is 482 cm³/mol. The van der Waals surface area contributed by atoms with E-state index in [1.165, 1.54) is 25.5 Å². The topological polar surface area (TPSA) is 290 Å². The van der Waals surface area contributed by atoms with Gasteiger partial charge in [0.1, 0.15) is 28.7 Å². The third kappa shape index (κ3) is 37.8. The number of aryl methyl sites for hydroxylation is 1. The lowest BCUT2D eigenvalue weighted by molar-refractivity contribution is -0.144. The molecule has 0 aliphatic carbocycles. The first-order valence-corrected chi connectivity index (χ1v) is 44.9. The van der Waals surface area contributed by atoms with E-state index in [-0.39, 0.29) is 25.8 Å². The molecule has 23 nitrogen and oxygen atoms in total. The fourth-order valence-electron chi connectivity index (χ4n) is 15.7. The number of nitrogens with zero attached hydrogens (tertiary/aromatic N) is 6. The number of hydrogen-bond acceptors (Lipinski definition) is 23. The molecule has 11 heterocycles. The van der Waals surface area contributed by atoms with Gasteiger partial charge in [0.25, 0.3) is 5.92 Å². The quantitative estimate of drug-likeness (QED) is 0.0169. The average Bonchev–Trinajstić information content (AvgIpc) is 0.806. The zero-order valence-electron chi connectivity index (χ0n) is 71.1. The Morgan fingerprint density at radius 3 is 1.49 bits per heavy atom. The molecule has 6 fully saturated rings. The van der Waals surface area contributed by atoms with Gasteiger partial charge in [0, 0.05) is 167 Å². The van der Waals surface area contributed by atoms with Crippen molar-refractivity contribution in [2.45, 2.75) is 89.4 Å². The predicted octanol–water partition coefficient (Wildman–Crippen LogP) is 13.7. The second-order valence-electron chi connectivity index (χ2n) is 32.6. The molecule has 4 aromatic carbocycles. The summed E-state index contributed by atoms with van der Waals surface area (Å²) < 4.78 is 75.0. The molecule has 0 saturated carbocycles. The summed E-state index contributed by atoms with van der Waals surface area (Å²) in [6.45, 7) is 19.5. The fraction of sp³-hybridized carbons (Fsp3) is 0.500. The molecule has 13 atom stereocenters. The molecule has 0 spiro atoms. The van der Waals surface area contributed by atoms with Crippen molar-refractivity contribution in [2.75, 3.05) is 151 Å².